The molecule has 0 saturated heterocycles. The highest BCUT2D eigenvalue weighted by atomic mass is 31.2. The third-order valence-electron chi connectivity index (χ3n) is 9.08. The van der Waals surface area contributed by atoms with Crippen LogP contribution in [-0.4, -0.2) is 92.5 Å². The van der Waals surface area contributed by atoms with Gasteiger partial charge in [0.25, 0.3) is 7.82 Å². The van der Waals surface area contributed by atoms with E-state index in [1.807, 2.05) is 64.5 Å². The fraction of sp³-hybridized carbons (Fsp3) is 0.667. The second kappa shape index (κ2) is 39.0. The highest BCUT2D eigenvalue weighted by Gasteiger charge is 2.21. The Kier molecular flexibility index (Phi) is 37.1. The Balaban J connectivity index is 4.62. The van der Waals surface area contributed by atoms with Crippen LogP contribution in [0.1, 0.15) is 142 Å². The molecule has 0 aliphatic rings. The molecular formula is C48H82NO10P. The molecule has 11 nitrogen and oxygen atoms in total. The van der Waals surface area contributed by atoms with Gasteiger partial charge in [-0.25, -0.2) is 0 Å². The summed E-state index contributed by atoms with van der Waals surface area (Å²) < 4.78 is 33.7. The minimum Gasteiger partial charge on any atom is -0.756 e. The summed E-state index contributed by atoms with van der Waals surface area (Å²) in [5.74, 6) is -1.02. The number of hydrogen-bond donors (Lipinski definition) is 2. The second-order valence-corrected chi connectivity index (χ2v) is 17.5. The molecule has 0 rings (SSSR count). The minimum atomic E-state index is -4.68. The Morgan fingerprint density at radius 2 is 1.18 bits per heavy atom. The van der Waals surface area contributed by atoms with E-state index in [2.05, 4.69) is 19.1 Å². The molecule has 344 valence electrons. The van der Waals surface area contributed by atoms with Crippen molar-refractivity contribution in [1.29, 1.82) is 0 Å². The average molecular weight is 864 g/mol. The van der Waals surface area contributed by atoms with Crippen molar-refractivity contribution in [3.05, 3.63) is 85.1 Å². The molecule has 0 bridgehead atoms. The van der Waals surface area contributed by atoms with Crippen LogP contribution in [0.15, 0.2) is 85.1 Å². The summed E-state index contributed by atoms with van der Waals surface area (Å²) in [5, 5.41) is 20.0. The summed E-state index contributed by atoms with van der Waals surface area (Å²) in [7, 11) is 1.03. The van der Waals surface area contributed by atoms with Gasteiger partial charge in [-0.1, -0.05) is 150 Å². The third kappa shape index (κ3) is 41.8. The highest BCUT2D eigenvalue weighted by molar-refractivity contribution is 7.45. The maximum absolute atomic E-state index is 12.7. The lowest BCUT2D eigenvalue weighted by atomic mass is 10.1. The molecule has 4 atom stereocenters. The smallest absolute Gasteiger partial charge is 0.306 e. The van der Waals surface area contributed by atoms with Crippen molar-refractivity contribution in [1.82, 2.24) is 0 Å². The number of phosphoric ester groups is 1. The second-order valence-electron chi connectivity index (χ2n) is 16.1. The number of ether oxygens (including phenoxy) is 2. The molecule has 0 aromatic rings. The summed E-state index contributed by atoms with van der Waals surface area (Å²) >= 11 is 0. The van der Waals surface area contributed by atoms with Gasteiger partial charge < -0.3 is 38.1 Å². The van der Waals surface area contributed by atoms with Crippen LogP contribution in [-0.2, 0) is 32.7 Å². The van der Waals surface area contributed by atoms with Gasteiger partial charge >= 0.3 is 11.9 Å². The molecular weight excluding hydrogens is 781 g/mol. The zero-order chi connectivity index (χ0) is 44.6. The Labute approximate surface area is 364 Å². The standard InChI is InChI=1S/C48H82NO10P/c1-6-8-10-11-12-13-14-15-16-17-18-19-20-24-32-38-47(52)56-42-46(43-58-60(54,55)57-41-40-49(3,4)5)59-48(53)39-33-25-22-21-23-29-35-45(51)37-31-27-26-30-36-44(50)34-28-9-7-2/h9,15-16,22-23,25-31,36-37,44-46,50-51H,6-8,10-14,17-21,24,32-35,38-43H2,1-5H3/b16-15-,25-22-,27-26-,28-9-,29-23-,36-30+,37-31+/t44-,45+,46+/m0/s1. The van der Waals surface area contributed by atoms with Crippen LogP contribution in [0.4, 0.5) is 0 Å². The van der Waals surface area contributed by atoms with E-state index < -0.39 is 44.7 Å². The molecule has 0 aliphatic carbocycles. The van der Waals surface area contributed by atoms with Crippen LogP contribution in [0.2, 0.25) is 0 Å². The summed E-state index contributed by atoms with van der Waals surface area (Å²) in [4.78, 5) is 37.5. The first-order chi connectivity index (χ1) is 28.8. The van der Waals surface area contributed by atoms with E-state index in [0.717, 1.165) is 44.9 Å². The number of nitrogens with zero attached hydrogens (tertiary/aromatic N) is 1. The van der Waals surface area contributed by atoms with Crippen molar-refractivity contribution < 1.29 is 52.3 Å². The topological polar surface area (TPSA) is 152 Å². The Hall–Kier alpha value is -2.89. The van der Waals surface area contributed by atoms with Crippen molar-refractivity contribution in [3.8, 4) is 0 Å². The molecule has 0 radical (unpaired) electrons. The van der Waals surface area contributed by atoms with Gasteiger partial charge in [-0.2, -0.15) is 0 Å². The van der Waals surface area contributed by atoms with Gasteiger partial charge in [-0.3, -0.25) is 14.2 Å². The largest absolute Gasteiger partial charge is 0.756 e. The number of phosphoric acid groups is 1. The quantitative estimate of drug-likeness (QED) is 0.0153. The number of rotatable bonds is 39. The van der Waals surface area contributed by atoms with Crippen LogP contribution in [0.5, 0.6) is 0 Å². The molecule has 0 aromatic heterocycles. The number of esters is 2. The molecule has 60 heavy (non-hydrogen) atoms. The number of carbonyl (C=O) groups is 2. The fourth-order valence-corrected chi connectivity index (χ4v) is 6.22. The van der Waals surface area contributed by atoms with Gasteiger partial charge in [-0.15, -0.1) is 0 Å². The zero-order valence-electron chi connectivity index (χ0n) is 37.8. The molecule has 2 N–H and O–H groups in total. The first kappa shape index (κ1) is 57.1. The van der Waals surface area contributed by atoms with Crippen LogP contribution >= 0.6 is 7.82 Å². The van der Waals surface area contributed by atoms with Crippen LogP contribution in [0.25, 0.3) is 0 Å². The summed E-state index contributed by atoms with van der Waals surface area (Å²) in [6.07, 6.45) is 42.6. The summed E-state index contributed by atoms with van der Waals surface area (Å²) in [6, 6.07) is 0. The molecule has 0 amide bonds. The molecule has 0 spiro atoms. The number of quaternary nitrogens is 1. The van der Waals surface area contributed by atoms with Crippen LogP contribution < -0.4 is 4.89 Å². The van der Waals surface area contributed by atoms with Crippen molar-refractivity contribution in [3.63, 3.8) is 0 Å². The van der Waals surface area contributed by atoms with Crippen LogP contribution in [0, 0.1) is 0 Å². The number of allylic oxidation sites excluding steroid dienone is 10. The van der Waals surface area contributed by atoms with Gasteiger partial charge in [0.15, 0.2) is 6.10 Å². The maximum Gasteiger partial charge on any atom is 0.306 e. The van der Waals surface area contributed by atoms with Crippen molar-refractivity contribution in [2.24, 2.45) is 0 Å². The van der Waals surface area contributed by atoms with Crippen molar-refractivity contribution in [2.45, 2.75) is 161 Å². The van der Waals surface area contributed by atoms with E-state index in [4.69, 9.17) is 18.5 Å². The Morgan fingerprint density at radius 1 is 0.633 bits per heavy atom. The average Bonchev–Trinajstić information content (AvgIpc) is 3.19. The number of aliphatic hydroxyl groups is 2. The molecule has 0 heterocycles. The van der Waals surface area contributed by atoms with E-state index in [1.54, 1.807) is 36.5 Å². The molecule has 0 aliphatic heterocycles. The number of carbonyl (C=O) groups excluding carboxylic acids is 2. The predicted octanol–water partition coefficient (Wildman–Crippen LogP) is 10.1. The van der Waals surface area contributed by atoms with Crippen LogP contribution in [0.3, 0.4) is 0 Å². The van der Waals surface area contributed by atoms with Gasteiger partial charge in [0.05, 0.1) is 40.0 Å². The predicted molar refractivity (Wildman–Crippen MR) is 243 cm³/mol. The van der Waals surface area contributed by atoms with Gasteiger partial charge in [0.1, 0.15) is 19.8 Å². The summed E-state index contributed by atoms with van der Waals surface area (Å²) in [6.45, 7) is 3.79. The summed E-state index contributed by atoms with van der Waals surface area (Å²) in [5.41, 5.74) is 0. The number of aliphatic hydroxyl groups excluding tert-OH is 2. The molecule has 1 unspecified atom stereocenters. The lowest BCUT2D eigenvalue weighted by Crippen LogP contribution is -2.37. The SMILES string of the molecule is CC/C=C\C[C@H](O)/C=C/C=C\C=C\[C@H](O)C/C=C\C/C=C\CCC(=O)O[C@H](COC(=O)CCCCCCC/C=C\CCCCCCCC)COP(=O)([O-])OCC[N+](C)(C)C. The Bertz CT molecular complexity index is 1330. The van der Waals surface area contributed by atoms with Gasteiger partial charge in [0.2, 0.25) is 0 Å². The lowest BCUT2D eigenvalue weighted by molar-refractivity contribution is -0.870. The first-order valence-corrected chi connectivity index (χ1v) is 24.0. The number of unbranched alkanes of at least 4 members (excludes halogenated alkanes) is 11. The molecule has 12 heteroatoms. The zero-order valence-corrected chi connectivity index (χ0v) is 38.7. The maximum atomic E-state index is 12.7. The van der Waals surface area contributed by atoms with E-state index in [-0.39, 0.29) is 26.1 Å². The van der Waals surface area contributed by atoms with Crippen molar-refractivity contribution >= 4 is 19.8 Å². The highest BCUT2D eigenvalue weighted by Crippen LogP contribution is 2.38. The number of likely N-dealkylation sites (N-methyl/N-ethyl adjacent to an activating group) is 1. The molecule has 0 fully saturated rings. The number of hydrogen-bond acceptors (Lipinski definition) is 10. The van der Waals surface area contributed by atoms with Gasteiger partial charge in [-0.05, 0) is 64.2 Å². The monoisotopic (exact) mass is 864 g/mol. The van der Waals surface area contributed by atoms with E-state index in [9.17, 15) is 29.3 Å². The molecule has 0 aromatic carbocycles. The minimum absolute atomic E-state index is 0.0374. The van der Waals surface area contributed by atoms with E-state index >= 15 is 0 Å². The normalized spacial score (nSPS) is 15.4. The Morgan fingerprint density at radius 3 is 1.78 bits per heavy atom. The molecule has 0 saturated carbocycles. The van der Waals surface area contributed by atoms with Gasteiger partial charge in [0, 0.05) is 12.8 Å². The van der Waals surface area contributed by atoms with E-state index in [0.29, 0.717) is 43.1 Å². The lowest BCUT2D eigenvalue weighted by Gasteiger charge is -2.28. The first-order valence-electron chi connectivity index (χ1n) is 22.5. The van der Waals surface area contributed by atoms with E-state index in [1.165, 1.54) is 38.5 Å². The third-order valence-corrected chi connectivity index (χ3v) is 10.0. The fourth-order valence-electron chi connectivity index (χ4n) is 5.50. The van der Waals surface area contributed by atoms with Crippen molar-refractivity contribution in [2.75, 3.05) is 47.5 Å².